The molecule has 94 valence electrons. The molecule has 0 aliphatic rings. The van der Waals surface area contributed by atoms with E-state index in [-0.39, 0.29) is 5.69 Å². The molecule has 0 atom stereocenters. The van der Waals surface area contributed by atoms with Crippen LogP contribution in [-0.4, -0.2) is 9.91 Å². The first-order chi connectivity index (χ1) is 8.70. The van der Waals surface area contributed by atoms with Gasteiger partial charge >= 0.3 is 0 Å². The van der Waals surface area contributed by atoms with Crippen LogP contribution >= 0.6 is 27.3 Å². The van der Waals surface area contributed by atoms with Crippen molar-refractivity contribution in [3.63, 3.8) is 0 Å². The Morgan fingerprint density at radius 2 is 2.33 bits per heavy atom. The molecular formula is C11H9BrN2O3S. The molecule has 0 amide bonds. The maximum Gasteiger partial charge on any atom is 0.270 e. The standard InChI is InChI=1S/C11H9BrN2O3S/c12-6-8-5-9(14(15)16)1-2-10(8)17-7-11-13-3-4-18-11/h1-5H,6-7H2. The number of thiazole rings is 1. The fourth-order valence-corrected chi connectivity index (χ4v) is 2.35. The third-order valence-corrected chi connectivity index (χ3v) is 3.59. The molecule has 1 heterocycles. The Labute approximate surface area is 116 Å². The van der Waals surface area contributed by atoms with Crippen molar-refractivity contribution in [3.8, 4) is 5.75 Å². The Morgan fingerprint density at radius 1 is 1.50 bits per heavy atom. The van der Waals surface area contributed by atoms with Gasteiger partial charge in [0.2, 0.25) is 0 Å². The monoisotopic (exact) mass is 328 g/mol. The van der Waals surface area contributed by atoms with Crippen LogP contribution in [0, 0.1) is 10.1 Å². The van der Waals surface area contributed by atoms with Gasteiger partial charge in [-0.15, -0.1) is 11.3 Å². The van der Waals surface area contributed by atoms with E-state index < -0.39 is 4.92 Å². The number of aromatic nitrogens is 1. The zero-order valence-electron chi connectivity index (χ0n) is 9.21. The average molecular weight is 329 g/mol. The molecule has 0 saturated carbocycles. The highest BCUT2D eigenvalue weighted by atomic mass is 79.9. The van der Waals surface area contributed by atoms with Gasteiger partial charge in [-0.25, -0.2) is 4.98 Å². The second-order valence-electron chi connectivity index (χ2n) is 3.40. The second kappa shape index (κ2) is 5.92. The average Bonchev–Trinajstić information content (AvgIpc) is 2.89. The lowest BCUT2D eigenvalue weighted by Crippen LogP contribution is -1.98. The first-order valence-corrected chi connectivity index (χ1v) is 7.05. The van der Waals surface area contributed by atoms with Crippen LogP contribution in [-0.2, 0) is 11.9 Å². The molecule has 7 heteroatoms. The van der Waals surface area contributed by atoms with Gasteiger partial charge in [-0.1, -0.05) is 15.9 Å². The molecule has 0 fully saturated rings. The Balaban J connectivity index is 2.14. The van der Waals surface area contributed by atoms with Crippen molar-refractivity contribution in [2.24, 2.45) is 0 Å². The van der Waals surface area contributed by atoms with Crippen LogP contribution in [0.25, 0.3) is 0 Å². The van der Waals surface area contributed by atoms with Crippen molar-refractivity contribution >= 4 is 33.0 Å². The molecule has 0 aliphatic heterocycles. The van der Waals surface area contributed by atoms with Crippen molar-refractivity contribution in [2.45, 2.75) is 11.9 Å². The van der Waals surface area contributed by atoms with E-state index in [1.54, 1.807) is 12.3 Å². The van der Waals surface area contributed by atoms with Crippen molar-refractivity contribution in [1.29, 1.82) is 0 Å². The summed E-state index contributed by atoms with van der Waals surface area (Å²) in [6, 6.07) is 4.55. The van der Waals surface area contributed by atoms with Crippen molar-refractivity contribution < 1.29 is 9.66 Å². The van der Waals surface area contributed by atoms with Gasteiger partial charge in [-0.05, 0) is 6.07 Å². The third kappa shape index (κ3) is 3.05. The van der Waals surface area contributed by atoms with Gasteiger partial charge < -0.3 is 4.74 Å². The van der Waals surface area contributed by atoms with E-state index in [1.165, 1.54) is 23.5 Å². The fraction of sp³-hybridized carbons (Fsp3) is 0.182. The number of rotatable bonds is 5. The predicted molar refractivity (Wildman–Crippen MR) is 72.2 cm³/mol. The molecule has 0 saturated heterocycles. The maximum atomic E-state index is 10.7. The van der Waals surface area contributed by atoms with Crippen LogP contribution in [0.3, 0.4) is 0 Å². The van der Waals surface area contributed by atoms with E-state index in [1.807, 2.05) is 5.38 Å². The molecule has 0 aliphatic carbocycles. The number of nitro benzene ring substituents is 1. The number of nitro groups is 1. The first-order valence-electron chi connectivity index (χ1n) is 5.05. The predicted octanol–water partition coefficient (Wildman–Crippen LogP) is 3.53. The largest absolute Gasteiger partial charge is 0.486 e. The van der Waals surface area contributed by atoms with E-state index in [0.717, 1.165) is 10.6 Å². The smallest absolute Gasteiger partial charge is 0.270 e. The fourth-order valence-electron chi connectivity index (χ4n) is 1.39. The van der Waals surface area contributed by atoms with Crippen LogP contribution in [0.1, 0.15) is 10.6 Å². The number of benzene rings is 1. The minimum absolute atomic E-state index is 0.0612. The summed E-state index contributed by atoms with van der Waals surface area (Å²) < 4.78 is 5.60. The molecular weight excluding hydrogens is 320 g/mol. The summed E-state index contributed by atoms with van der Waals surface area (Å²) in [6.45, 7) is 0.371. The van der Waals surface area contributed by atoms with Crippen molar-refractivity contribution in [2.75, 3.05) is 0 Å². The number of halogens is 1. The summed E-state index contributed by atoms with van der Waals surface area (Å²) in [5, 5.41) is 13.9. The minimum atomic E-state index is -0.420. The highest BCUT2D eigenvalue weighted by Crippen LogP contribution is 2.27. The molecule has 0 radical (unpaired) electrons. The lowest BCUT2D eigenvalue weighted by Gasteiger charge is -2.08. The Morgan fingerprint density at radius 3 is 2.94 bits per heavy atom. The normalized spacial score (nSPS) is 10.3. The number of hydrogen-bond acceptors (Lipinski definition) is 5. The Bertz CT molecular complexity index is 545. The molecule has 2 rings (SSSR count). The Kier molecular flexibility index (Phi) is 4.27. The van der Waals surface area contributed by atoms with Gasteiger partial charge in [0.1, 0.15) is 17.4 Å². The van der Waals surface area contributed by atoms with Crippen LogP contribution in [0.5, 0.6) is 5.75 Å². The minimum Gasteiger partial charge on any atom is -0.486 e. The van der Waals surface area contributed by atoms with Crippen LogP contribution in [0.15, 0.2) is 29.8 Å². The molecule has 18 heavy (non-hydrogen) atoms. The summed E-state index contributed by atoms with van der Waals surface area (Å²) in [6.07, 6.45) is 1.71. The number of non-ortho nitro benzene ring substituents is 1. The van der Waals surface area contributed by atoms with Gasteiger partial charge in [0.25, 0.3) is 5.69 Å². The summed E-state index contributed by atoms with van der Waals surface area (Å²) in [4.78, 5) is 14.4. The lowest BCUT2D eigenvalue weighted by molar-refractivity contribution is -0.384. The lowest BCUT2D eigenvalue weighted by atomic mass is 10.2. The zero-order valence-corrected chi connectivity index (χ0v) is 11.6. The first kappa shape index (κ1) is 13.0. The summed E-state index contributed by atoms with van der Waals surface area (Å²) in [5.41, 5.74) is 0.812. The summed E-state index contributed by atoms with van der Waals surface area (Å²) in [5.74, 6) is 0.632. The van der Waals surface area contributed by atoms with Gasteiger partial charge in [-0.2, -0.15) is 0 Å². The van der Waals surface area contributed by atoms with Gasteiger partial charge in [-0.3, -0.25) is 10.1 Å². The molecule has 2 aromatic rings. The molecule has 1 aromatic heterocycles. The molecule has 0 unspecified atom stereocenters. The zero-order chi connectivity index (χ0) is 13.0. The van der Waals surface area contributed by atoms with Crippen molar-refractivity contribution in [3.05, 3.63) is 50.5 Å². The molecule has 0 N–H and O–H groups in total. The van der Waals surface area contributed by atoms with E-state index in [4.69, 9.17) is 4.74 Å². The van der Waals surface area contributed by atoms with E-state index in [0.29, 0.717) is 17.7 Å². The number of hydrogen-bond donors (Lipinski definition) is 0. The van der Waals surface area contributed by atoms with Crippen LogP contribution in [0.2, 0.25) is 0 Å². The molecule has 0 spiro atoms. The van der Waals surface area contributed by atoms with E-state index in [9.17, 15) is 10.1 Å². The molecule has 5 nitrogen and oxygen atoms in total. The second-order valence-corrected chi connectivity index (χ2v) is 4.94. The van der Waals surface area contributed by atoms with Crippen LogP contribution < -0.4 is 4.74 Å². The molecule has 1 aromatic carbocycles. The number of alkyl halides is 1. The van der Waals surface area contributed by atoms with Crippen molar-refractivity contribution in [1.82, 2.24) is 4.98 Å². The maximum absolute atomic E-state index is 10.7. The van der Waals surface area contributed by atoms with Crippen LogP contribution in [0.4, 0.5) is 5.69 Å². The molecule has 0 bridgehead atoms. The van der Waals surface area contributed by atoms with E-state index >= 15 is 0 Å². The number of ether oxygens (including phenoxy) is 1. The van der Waals surface area contributed by atoms with Gasteiger partial charge in [0.05, 0.1) is 4.92 Å². The third-order valence-electron chi connectivity index (χ3n) is 2.23. The SMILES string of the molecule is O=[N+]([O-])c1ccc(OCc2nccs2)c(CBr)c1. The highest BCUT2D eigenvalue weighted by molar-refractivity contribution is 9.08. The Hall–Kier alpha value is -1.47. The topological polar surface area (TPSA) is 65.3 Å². The van der Waals surface area contributed by atoms with Gasteiger partial charge in [0, 0.05) is 34.6 Å². The quantitative estimate of drug-likeness (QED) is 0.478. The summed E-state index contributed by atoms with van der Waals surface area (Å²) in [7, 11) is 0. The van der Waals surface area contributed by atoms with E-state index in [2.05, 4.69) is 20.9 Å². The summed E-state index contributed by atoms with van der Waals surface area (Å²) >= 11 is 4.80. The number of nitrogens with zero attached hydrogens (tertiary/aromatic N) is 2. The highest BCUT2D eigenvalue weighted by Gasteiger charge is 2.11. The van der Waals surface area contributed by atoms with Gasteiger partial charge in [0.15, 0.2) is 0 Å².